The van der Waals surface area contributed by atoms with Crippen molar-refractivity contribution >= 4 is 29.8 Å². The van der Waals surface area contributed by atoms with Crippen LogP contribution in [0.1, 0.15) is 5.69 Å². The van der Waals surface area contributed by atoms with Gasteiger partial charge in [0.15, 0.2) is 6.29 Å². The minimum absolute atomic E-state index is 0.727. The molecule has 0 aromatic carbocycles. The van der Waals surface area contributed by atoms with Crippen LogP contribution in [0.3, 0.4) is 0 Å². The van der Waals surface area contributed by atoms with Gasteiger partial charge in [0.05, 0.1) is 21.8 Å². The van der Waals surface area contributed by atoms with Crippen LogP contribution in [0.4, 0.5) is 0 Å². The molecule has 1 aliphatic heterocycles. The van der Waals surface area contributed by atoms with Crippen molar-refractivity contribution in [3.05, 3.63) is 35.0 Å². The van der Waals surface area contributed by atoms with Crippen molar-refractivity contribution in [1.29, 1.82) is 0 Å². The summed E-state index contributed by atoms with van der Waals surface area (Å²) in [6.07, 6.45) is 4.51. The highest BCUT2D eigenvalue weighted by molar-refractivity contribution is 8.04. The SMILES string of the molecule is O=CC1=Cc2cnc3cccc(n23)S1. The molecule has 0 spiro atoms. The molecule has 0 saturated heterocycles. The van der Waals surface area contributed by atoms with E-state index in [1.165, 1.54) is 11.8 Å². The number of imidazole rings is 1. The fraction of sp³-hybridized carbons (Fsp3) is 0. The zero-order valence-electron chi connectivity index (χ0n) is 7.18. The lowest BCUT2D eigenvalue weighted by atomic mass is 10.4. The summed E-state index contributed by atoms with van der Waals surface area (Å²) in [5.41, 5.74) is 1.89. The number of rotatable bonds is 1. The third kappa shape index (κ3) is 0.943. The molecule has 3 heterocycles. The second kappa shape index (κ2) is 2.72. The molecule has 3 nitrogen and oxygen atoms in total. The number of hydrogen-bond acceptors (Lipinski definition) is 3. The van der Waals surface area contributed by atoms with Crippen molar-refractivity contribution in [1.82, 2.24) is 9.38 Å². The normalized spacial score (nSPS) is 14.1. The van der Waals surface area contributed by atoms with E-state index in [4.69, 9.17) is 0 Å². The van der Waals surface area contributed by atoms with Crippen LogP contribution in [0.15, 0.2) is 34.3 Å². The van der Waals surface area contributed by atoms with Crippen molar-refractivity contribution in [2.45, 2.75) is 5.03 Å². The van der Waals surface area contributed by atoms with Gasteiger partial charge in [0.1, 0.15) is 5.65 Å². The van der Waals surface area contributed by atoms with Gasteiger partial charge in [-0.25, -0.2) is 4.98 Å². The highest BCUT2D eigenvalue weighted by Gasteiger charge is 2.13. The molecule has 14 heavy (non-hydrogen) atoms. The van der Waals surface area contributed by atoms with Gasteiger partial charge in [-0.2, -0.15) is 0 Å². The van der Waals surface area contributed by atoms with E-state index in [1.807, 2.05) is 28.7 Å². The maximum absolute atomic E-state index is 10.7. The Balaban J connectivity index is 2.40. The van der Waals surface area contributed by atoms with E-state index in [2.05, 4.69) is 4.98 Å². The molecule has 0 saturated carbocycles. The second-order valence-electron chi connectivity index (χ2n) is 3.01. The molecule has 0 radical (unpaired) electrons. The van der Waals surface area contributed by atoms with Gasteiger partial charge in [-0.05, 0) is 18.2 Å². The van der Waals surface area contributed by atoms with Crippen molar-refractivity contribution in [3.63, 3.8) is 0 Å². The summed E-state index contributed by atoms with van der Waals surface area (Å²) in [7, 11) is 0. The topological polar surface area (TPSA) is 34.4 Å². The van der Waals surface area contributed by atoms with Gasteiger partial charge in [-0.1, -0.05) is 17.8 Å². The number of carbonyl (C=O) groups excluding carboxylic acids is 1. The van der Waals surface area contributed by atoms with E-state index >= 15 is 0 Å². The lowest BCUT2D eigenvalue weighted by Crippen LogP contribution is -1.97. The first-order chi connectivity index (χ1) is 6.88. The monoisotopic (exact) mass is 202 g/mol. The Bertz CT molecular complexity index is 556. The average molecular weight is 202 g/mol. The molecule has 0 amide bonds. The van der Waals surface area contributed by atoms with Crippen LogP contribution in [0.5, 0.6) is 0 Å². The zero-order chi connectivity index (χ0) is 9.54. The number of pyridine rings is 1. The van der Waals surface area contributed by atoms with Crippen LogP contribution in [0.25, 0.3) is 11.7 Å². The Morgan fingerprint density at radius 2 is 2.36 bits per heavy atom. The first kappa shape index (κ1) is 7.82. The van der Waals surface area contributed by atoms with E-state index < -0.39 is 0 Å². The van der Waals surface area contributed by atoms with Gasteiger partial charge >= 0.3 is 0 Å². The van der Waals surface area contributed by atoms with Crippen LogP contribution in [-0.2, 0) is 4.79 Å². The molecule has 0 bridgehead atoms. The molecule has 0 N–H and O–H groups in total. The summed E-state index contributed by atoms with van der Waals surface area (Å²) in [5, 5.41) is 1.04. The predicted molar refractivity (Wildman–Crippen MR) is 55.1 cm³/mol. The number of nitrogens with zero attached hydrogens (tertiary/aromatic N) is 2. The lowest BCUT2D eigenvalue weighted by Gasteiger charge is -2.10. The molecule has 0 fully saturated rings. The highest BCUT2D eigenvalue weighted by Crippen LogP contribution is 2.32. The van der Waals surface area contributed by atoms with Crippen LogP contribution >= 0.6 is 11.8 Å². The summed E-state index contributed by atoms with van der Waals surface area (Å²) in [4.78, 5) is 15.7. The van der Waals surface area contributed by atoms with Gasteiger partial charge < -0.3 is 0 Å². The minimum Gasteiger partial charge on any atom is -0.297 e. The summed E-state index contributed by atoms with van der Waals surface area (Å²) >= 11 is 1.47. The van der Waals surface area contributed by atoms with Crippen LogP contribution in [0, 0.1) is 0 Å². The van der Waals surface area contributed by atoms with Gasteiger partial charge in [0.25, 0.3) is 0 Å². The molecule has 1 aliphatic rings. The Kier molecular flexibility index (Phi) is 1.52. The molecule has 0 unspecified atom stereocenters. The second-order valence-corrected chi connectivity index (χ2v) is 4.10. The first-order valence-corrected chi connectivity index (χ1v) is 5.01. The fourth-order valence-electron chi connectivity index (χ4n) is 1.56. The number of thioether (sulfide) groups is 1. The van der Waals surface area contributed by atoms with E-state index in [0.717, 1.165) is 27.6 Å². The van der Waals surface area contributed by atoms with Crippen molar-refractivity contribution in [2.75, 3.05) is 0 Å². The molecule has 2 aromatic heterocycles. The van der Waals surface area contributed by atoms with E-state index in [-0.39, 0.29) is 0 Å². The molecule has 0 atom stereocenters. The van der Waals surface area contributed by atoms with Crippen LogP contribution < -0.4 is 0 Å². The highest BCUT2D eigenvalue weighted by atomic mass is 32.2. The molecule has 4 heteroatoms. The maximum atomic E-state index is 10.7. The zero-order valence-corrected chi connectivity index (χ0v) is 7.99. The smallest absolute Gasteiger partial charge is 0.156 e. The Hall–Kier alpha value is -1.55. The maximum Gasteiger partial charge on any atom is 0.156 e. The Morgan fingerprint density at radius 3 is 3.21 bits per heavy atom. The minimum atomic E-state index is 0.727. The molecule has 68 valence electrons. The number of carbonyl (C=O) groups is 1. The summed E-state index contributed by atoms with van der Waals surface area (Å²) in [6, 6.07) is 5.88. The van der Waals surface area contributed by atoms with Gasteiger partial charge in [0, 0.05) is 0 Å². The van der Waals surface area contributed by atoms with E-state index in [1.54, 1.807) is 6.20 Å². The summed E-state index contributed by atoms with van der Waals surface area (Å²) < 4.78 is 2.04. The third-order valence-electron chi connectivity index (χ3n) is 2.15. The predicted octanol–water partition coefficient (Wildman–Crippen LogP) is 1.98. The standard InChI is InChI=1S/C10H6N2OS/c13-6-8-4-7-5-11-9-2-1-3-10(14-8)12(7)9/h1-6H. The first-order valence-electron chi connectivity index (χ1n) is 4.20. The fourth-order valence-corrected chi connectivity index (χ4v) is 2.47. The molecular weight excluding hydrogens is 196 g/mol. The van der Waals surface area contributed by atoms with Crippen LogP contribution in [0.2, 0.25) is 0 Å². The van der Waals surface area contributed by atoms with E-state index in [9.17, 15) is 4.79 Å². The average Bonchev–Trinajstić information content (AvgIpc) is 2.64. The van der Waals surface area contributed by atoms with Crippen molar-refractivity contribution in [2.24, 2.45) is 0 Å². The van der Waals surface area contributed by atoms with Gasteiger partial charge in [-0.3, -0.25) is 9.20 Å². The molecule has 0 aliphatic carbocycles. The van der Waals surface area contributed by atoms with Gasteiger partial charge in [0.2, 0.25) is 0 Å². The summed E-state index contributed by atoms with van der Waals surface area (Å²) in [5.74, 6) is 0. The molecule has 2 aromatic rings. The largest absolute Gasteiger partial charge is 0.297 e. The number of allylic oxidation sites excluding steroid dienone is 1. The van der Waals surface area contributed by atoms with Crippen LogP contribution in [-0.4, -0.2) is 15.7 Å². The Morgan fingerprint density at radius 1 is 1.43 bits per heavy atom. The van der Waals surface area contributed by atoms with E-state index in [0.29, 0.717) is 0 Å². The Labute approximate surface area is 84.5 Å². The number of aldehydes is 1. The van der Waals surface area contributed by atoms with Gasteiger partial charge in [-0.15, -0.1) is 0 Å². The van der Waals surface area contributed by atoms with Crippen molar-refractivity contribution < 1.29 is 4.79 Å². The number of hydrogen-bond donors (Lipinski definition) is 0. The summed E-state index contributed by atoms with van der Waals surface area (Å²) in [6.45, 7) is 0. The quantitative estimate of drug-likeness (QED) is 0.663. The van der Waals surface area contributed by atoms with Crippen molar-refractivity contribution in [3.8, 4) is 0 Å². The third-order valence-corrected chi connectivity index (χ3v) is 3.13. The lowest BCUT2D eigenvalue weighted by molar-refractivity contribution is -0.104. The molecule has 3 rings (SSSR count). The number of aromatic nitrogens is 2. The molecular formula is C10H6N2OS.